The molecule has 2 atom stereocenters. The van der Waals surface area contributed by atoms with E-state index in [1.165, 1.54) is 29.6 Å². The van der Waals surface area contributed by atoms with Gasteiger partial charge in [-0.3, -0.25) is 15.0 Å². The highest BCUT2D eigenvalue weighted by Gasteiger charge is 2.41. The number of rotatable bonds is 5. The maximum absolute atomic E-state index is 13.4. The molecule has 0 saturated carbocycles. The number of amides is 2. The van der Waals surface area contributed by atoms with Crippen LogP contribution in [0.25, 0.3) is 11.5 Å². The molecule has 2 bridgehead atoms. The number of ketones is 1. The van der Waals surface area contributed by atoms with Gasteiger partial charge in [0.15, 0.2) is 23.3 Å². The number of hydrogen-bond donors (Lipinski definition) is 1. The topological polar surface area (TPSA) is 117 Å². The minimum atomic E-state index is -4.48. The minimum absolute atomic E-state index is 0.116. The van der Waals surface area contributed by atoms with Crippen LogP contribution in [0.3, 0.4) is 0 Å². The number of alkyl halides is 3. The van der Waals surface area contributed by atoms with Gasteiger partial charge in [-0.15, -0.1) is 0 Å². The van der Waals surface area contributed by atoms with Crippen molar-refractivity contribution in [2.24, 2.45) is 5.92 Å². The summed E-state index contributed by atoms with van der Waals surface area (Å²) >= 11 is 0. The molecule has 0 spiro atoms. The molecule has 1 fully saturated rings. The Morgan fingerprint density at radius 3 is 2.78 bits per heavy atom. The molecular weight excluding hydrogens is 479 g/mol. The van der Waals surface area contributed by atoms with Crippen LogP contribution >= 0.6 is 0 Å². The molecule has 5 heterocycles. The average molecular weight is 501 g/mol. The van der Waals surface area contributed by atoms with Crippen molar-refractivity contribution in [2.75, 3.05) is 28.2 Å². The molecule has 3 aromatic heterocycles. The fourth-order valence-electron chi connectivity index (χ4n) is 4.34. The van der Waals surface area contributed by atoms with Crippen LogP contribution in [0.5, 0.6) is 0 Å². The molecular formula is C23H22F3N7O3. The van der Waals surface area contributed by atoms with Gasteiger partial charge >= 0.3 is 12.2 Å². The Hall–Kier alpha value is -4.03. The zero-order chi connectivity index (χ0) is 25.6. The van der Waals surface area contributed by atoms with Gasteiger partial charge in [0.1, 0.15) is 23.5 Å². The number of carbonyl (C=O) groups is 2. The summed E-state index contributed by atoms with van der Waals surface area (Å²) in [5.41, 5.74) is 0.951. The number of nitrogens with zero attached hydrogens (tertiary/aromatic N) is 6. The Bertz CT molecular complexity index is 1330. The summed E-state index contributed by atoms with van der Waals surface area (Å²) < 4.78 is 44.4. The van der Waals surface area contributed by atoms with Crippen LogP contribution in [-0.2, 0) is 0 Å². The Kier molecular flexibility index (Phi) is 5.85. The summed E-state index contributed by atoms with van der Waals surface area (Å²) in [6, 6.07) is 3.83. The smallest absolute Gasteiger partial charge is 0.391 e. The lowest BCUT2D eigenvalue weighted by atomic mass is 10.0. The van der Waals surface area contributed by atoms with E-state index in [1.807, 2.05) is 4.90 Å². The second-order valence-electron chi connectivity index (χ2n) is 8.83. The number of oxazole rings is 1. The Labute approximate surface area is 203 Å². The molecule has 5 rings (SSSR count). The first-order chi connectivity index (χ1) is 17.1. The molecule has 10 nitrogen and oxygen atoms in total. The van der Waals surface area contributed by atoms with E-state index in [1.54, 1.807) is 13.0 Å². The maximum Gasteiger partial charge on any atom is 0.391 e. The second kappa shape index (κ2) is 8.88. The summed E-state index contributed by atoms with van der Waals surface area (Å²) in [6.07, 6.45) is -1.74. The number of pyridine rings is 1. The standard InChI is InChI=1S/C23H22F3N7O3/c1-12(23(24,25)26)7-18(34)15-3-4-17-21(30-15)33(14-5-6-32(17)10-14)22(35)31-20-8-16(28-11-29-20)19-9-27-13(2)36-19/h3-4,8-9,11-12,14H,5-7,10H2,1-2H3,(H,28,29,31,35)/t12-,14-/m0/s1. The van der Waals surface area contributed by atoms with Crippen molar-refractivity contribution in [3.63, 3.8) is 0 Å². The van der Waals surface area contributed by atoms with Crippen LogP contribution in [0.15, 0.2) is 35.1 Å². The number of aryl methyl sites for hydroxylation is 1. The third kappa shape index (κ3) is 4.48. The van der Waals surface area contributed by atoms with Gasteiger partial charge in [0.05, 0.1) is 23.8 Å². The fraction of sp³-hybridized carbons (Fsp3) is 0.391. The molecule has 188 valence electrons. The molecule has 13 heteroatoms. The molecule has 1 saturated heterocycles. The van der Waals surface area contributed by atoms with Crippen molar-refractivity contribution >= 4 is 29.1 Å². The van der Waals surface area contributed by atoms with Gasteiger partial charge < -0.3 is 9.32 Å². The lowest BCUT2D eigenvalue weighted by molar-refractivity contribution is -0.168. The Balaban J connectivity index is 1.41. The molecule has 3 aromatic rings. The number of urea groups is 1. The van der Waals surface area contributed by atoms with E-state index in [9.17, 15) is 22.8 Å². The average Bonchev–Trinajstić information content (AvgIpc) is 3.45. The molecule has 0 aliphatic carbocycles. The zero-order valence-corrected chi connectivity index (χ0v) is 19.4. The lowest BCUT2D eigenvalue weighted by Crippen LogP contribution is -2.48. The first-order valence-corrected chi connectivity index (χ1v) is 11.3. The summed E-state index contributed by atoms with van der Waals surface area (Å²) in [6.45, 7) is 3.91. The number of aromatic nitrogens is 4. The number of hydrogen-bond acceptors (Lipinski definition) is 8. The van der Waals surface area contributed by atoms with Crippen LogP contribution in [0, 0.1) is 12.8 Å². The molecule has 1 N–H and O–H groups in total. The number of carbonyl (C=O) groups excluding carboxylic acids is 2. The monoisotopic (exact) mass is 501 g/mol. The SMILES string of the molecule is Cc1ncc(-c2cc(NC(=O)N3c4nc(C(=O)C[C@H](C)C(F)(F)F)ccc4N4CC[C@H]3C4)ncn2)o1. The molecule has 2 amide bonds. The summed E-state index contributed by atoms with van der Waals surface area (Å²) in [4.78, 5) is 46.1. The highest BCUT2D eigenvalue weighted by Crippen LogP contribution is 2.39. The van der Waals surface area contributed by atoms with Crippen LogP contribution in [0.1, 0.15) is 36.1 Å². The van der Waals surface area contributed by atoms with E-state index in [-0.39, 0.29) is 23.4 Å². The number of fused-ring (bicyclic) bond motifs is 4. The number of halogens is 3. The van der Waals surface area contributed by atoms with Crippen molar-refractivity contribution in [3.8, 4) is 11.5 Å². The van der Waals surface area contributed by atoms with E-state index >= 15 is 0 Å². The van der Waals surface area contributed by atoms with Gasteiger partial charge in [-0.25, -0.2) is 24.7 Å². The van der Waals surface area contributed by atoms with Gasteiger partial charge in [0.25, 0.3) is 0 Å². The largest absolute Gasteiger partial charge is 0.439 e. The highest BCUT2D eigenvalue weighted by atomic mass is 19.4. The van der Waals surface area contributed by atoms with Gasteiger partial charge in [-0.1, -0.05) is 6.92 Å². The van der Waals surface area contributed by atoms with Crippen LogP contribution in [0.2, 0.25) is 0 Å². The number of Topliss-reactive ketones (excluding diaryl/α,β-unsaturated/α-hetero) is 1. The van der Waals surface area contributed by atoms with Crippen LogP contribution < -0.4 is 15.1 Å². The molecule has 2 aliphatic heterocycles. The second-order valence-corrected chi connectivity index (χ2v) is 8.83. The van der Waals surface area contributed by atoms with Crippen molar-refractivity contribution in [2.45, 2.75) is 38.9 Å². The molecule has 0 unspecified atom stereocenters. The minimum Gasteiger partial charge on any atom is -0.439 e. The van der Waals surface area contributed by atoms with Crippen LogP contribution in [-0.4, -0.2) is 57.1 Å². The fourth-order valence-corrected chi connectivity index (χ4v) is 4.34. The van der Waals surface area contributed by atoms with Gasteiger partial charge in [0, 0.05) is 32.5 Å². The highest BCUT2D eigenvalue weighted by molar-refractivity contribution is 6.05. The van der Waals surface area contributed by atoms with Crippen LogP contribution in [0.4, 0.5) is 35.3 Å². The molecule has 0 aromatic carbocycles. The lowest BCUT2D eigenvalue weighted by Gasteiger charge is -2.35. The summed E-state index contributed by atoms with van der Waals surface area (Å²) in [5, 5.41) is 2.73. The van der Waals surface area contributed by atoms with E-state index in [0.717, 1.165) is 6.92 Å². The maximum atomic E-state index is 13.4. The summed E-state index contributed by atoms with van der Waals surface area (Å²) in [7, 11) is 0. The predicted molar refractivity (Wildman–Crippen MR) is 123 cm³/mol. The third-order valence-corrected chi connectivity index (χ3v) is 6.28. The first-order valence-electron chi connectivity index (χ1n) is 11.3. The van der Waals surface area contributed by atoms with Gasteiger partial charge in [0.2, 0.25) is 0 Å². The Morgan fingerprint density at radius 1 is 1.25 bits per heavy atom. The van der Waals surface area contributed by atoms with Gasteiger partial charge in [-0.05, 0) is 18.6 Å². The molecule has 2 aliphatic rings. The number of nitrogens with one attached hydrogen (secondary N) is 1. The summed E-state index contributed by atoms with van der Waals surface area (Å²) in [5.74, 6) is -1.22. The predicted octanol–water partition coefficient (Wildman–Crippen LogP) is 4.24. The number of anilines is 3. The molecule has 0 radical (unpaired) electrons. The Morgan fingerprint density at radius 2 is 2.06 bits per heavy atom. The van der Waals surface area contributed by atoms with Crippen molar-refractivity contribution in [1.82, 2.24) is 19.9 Å². The molecule has 36 heavy (non-hydrogen) atoms. The van der Waals surface area contributed by atoms with E-state index < -0.39 is 30.3 Å². The quantitative estimate of drug-likeness (QED) is 0.516. The van der Waals surface area contributed by atoms with Crippen molar-refractivity contribution in [1.29, 1.82) is 0 Å². The van der Waals surface area contributed by atoms with Crippen molar-refractivity contribution < 1.29 is 27.2 Å². The van der Waals surface area contributed by atoms with Crippen molar-refractivity contribution in [3.05, 3.63) is 42.3 Å². The van der Waals surface area contributed by atoms with E-state index in [2.05, 4.69) is 25.3 Å². The van der Waals surface area contributed by atoms with E-state index in [4.69, 9.17) is 4.42 Å². The normalized spacial score (nSPS) is 17.6. The van der Waals surface area contributed by atoms with Gasteiger partial charge in [-0.2, -0.15) is 13.2 Å². The third-order valence-electron chi connectivity index (χ3n) is 6.28. The zero-order valence-electron chi connectivity index (χ0n) is 19.4. The van der Waals surface area contributed by atoms with E-state index in [0.29, 0.717) is 42.5 Å². The first kappa shape index (κ1) is 23.7.